The fourth-order valence-corrected chi connectivity index (χ4v) is 3.90. The maximum Gasteiger partial charge on any atom is 0.260 e. The summed E-state index contributed by atoms with van der Waals surface area (Å²) in [6.07, 6.45) is 0. The molecule has 0 atom stereocenters. The van der Waals surface area contributed by atoms with E-state index in [0.29, 0.717) is 35.3 Å². The number of amidine groups is 1. The molecule has 0 saturated carbocycles. The van der Waals surface area contributed by atoms with Crippen LogP contribution in [0.4, 0.5) is 0 Å². The summed E-state index contributed by atoms with van der Waals surface area (Å²) in [6, 6.07) is 9.84. The van der Waals surface area contributed by atoms with Crippen LogP contribution < -0.4 is 11.3 Å². The van der Waals surface area contributed by atoms with Gasteiger partial charge in [-0.2, -0.15) is 0 Å². The smallest absolute Gasteiger partial charge is 0.260 e. The van der Waals surface area contributed by atoms with Crippen molar-refractivity contribution in [1.29, 1.82) is 0 Å². The van der Waals surface area contributed by atoms with Crippen molar-refractivity contribution in [3.63, 3.8) is 0 Å². The van der Waals surface area contributed by atoms with Gasteiger partial charge in [0.2, 0.25) is 0 Å². The summed E-state index contributed by atoms with van der Waals surface area (Å²) in [4.78, 5) is 24.8. The molecule has 8 heteroatoms. The van der Waals surface area contributed by atoms with E-state index in [0.717, 1.165) is 16.0 Å². The molecule has 6 nitrogen and oxygen atoms in total. The van der Waals surface area contributed by atoms with Gasteiger partial charge < -0.3 is 15.5 Å². The number of ether oxygens (including phenoxy) is 1. The van der Waals surface area contributed by atoms with Gasteiger partial charge in [0.25, 0.3) is 5.56 Å². The monoisotopic (exact) mass is 374 g/mol. The molecule has 0 aliphatic rings. The van der Waals surface area contributed by atoms with Gasteiger partial charge in [-0.25, -0.2) is 4.98 Å². The number of methoxy groups -OCH3 is 1. The average Bonchev–Trinajstić information content (AvgIpc) is 3.05. The van der Waals surface area contributed by atoms with Gasteiger partial charge in [-0.15, -0.1) is 11.3 Å². The number of benzene rings is 1. The van der Waals surface area contributed by atoms with Gasteiger partial charge in [0.1, 0.15) is 10.7 Å². The van der Waals surface area contributed by atoms with E-state index in [4.69, 9.17) is 10.5 Å². The molecule has 0 spiro atoms. The van der Waals surface area contributed by atoms with Crippen molar-refractivity contribution in [2.24, 2.45) is 10.7 Å². The van der Waals surface area contributed by atoms with Crippen LogP contribution in [-0.2, 0) is 10.5 Å². The van der Waals surface area contributed by atoms with E-state index in [1.807, 2.05) is 35.7 Å². The number of hydrogen-bond acceptors (Lipinski definition) is 6. The predicted molar refractivity (Wildman–Crippen MR) is 105 cm³/mol. The van der Waals surface area contributed by atoms with E-state index in [9.17, 15) is 4.79 Å². The van der Waals surface area contributed by atoms with Gasteiger partial charge in [-0.1, -0.05) is 42.1 Å². The fourth-order valence-electron chi connectivity index (χ4n) is 2.33. The second-order valence-corrected chi connectivity index (χ2v) is 7.06. The first-order valence-electron chi connectivity index (χ1n) is 7.66. The van der Waals surface area contributed by atoms with Crippen LogP contribution in [0.3, 0.4) is 0 Å². The van der Waals surface area contributed by atoms with Crippen molar-refractivity contribution in [2.75, 3.05) is 20.3 Å². The van der Waals surface area contributed by atoms with Crippen molar-refractivity contribution in [3.8, 4) is 11.1 Å². The Morgan fingerprint density at radius 2 is 2.20 bits per heavy atom. The Hall–Kier alpha value is -2.16. The molecule has 0 bridgehead atoms. The minimum atomic E-state index is -0.129. The van der Waals surface area contributed by atoms with E-state index in [-0.39, 0.29) is 5.56 Å². The summed E-state index contributed by atoms with van der Waals surface area (Å²) in [7, 11) is 1.62. The molecule has 130 valence electrons. The summed E-state index contributed by atoms with van der Waals surface area (Å²) in [5.74, 6) is 1.06. The van der Waals surface area contributed by atoms with Crippen LogP contribution in [0.2, 0.25) is 0 Å². The van der Waals surface area contributed by atoms with E-state index in [2.05, 4.69) is 15.0 Å². The molecule has 0 amide bonds. The van der Waals surface area contributed by atoms with Crippen molar-refractivity contribution in [1.82, 2.24) is 9.97 Å². The number of nitrogens with two attached hydrogens (primary N) is 1. The minimum absolute atomic E-state index is 0.129. The van der Waals surface area contributed by atoms with Crippen molar-refractivity contribution in [3.05, 3.63) is 51.9 Å². The molecule has 0 radical (unpaired) electrons. The van der Waals surface area contributed by atoms with Gasteiger partial charge in [0, 0.05) is 18.1 Å². The SMILES string of the molecule is COCCN=C(N)SCc1nc2scc(-c3ccccc3)c2c(=O)[nH]1. The first-order chi connectivity index (χ1) is 12.2. The Morgan fingerprint density at radius 1 is 1.40 bits per heavy atom. The molecular formula is C17H18N4O2S2. The lowest BCUT2D eigenvalue weighted by Gasteiger charge is -2.03. The highest BCUT2D eigenvalue weighted by atomic mass is 32.2. The summed E-state index contributed by atoms with van der Waals surface area (Å²) in [6.45, 7) is 1.05. The van der Waals surface area contributed by atoms with Gasteiger partial charge >= 0.3 is 0 Å². The number of nitrogens with zero attached hydrogens (tertiary/aromatic N) is 2. The summed E-state index contributed by atoms with van der Waals surface area (Å²) in [5.41, 5.74) is 7.63. The molecule has 3 rings (SSSR count). The quantitative estimate of drug-likeness (QED) is 0.393. The molecule has 3 aromatic rings. The maximum absolute atomic E-state index is 12.5. The van der Waals surface area contributed by atoms with Crippen LogP contribution in [-0.4, -0.2) is 35.4 Å². The van der Waals surface area contributed by atoms with Crippen molar-refractivity contribution in [2.45, 2.75) is 5.75 Å². The van der Waals surface area contributed by atoms with Crippen LogP contribution in [0.15, 0.2) is 45.5 Å². The van der Waals surface area contributed by atoms with Crippen LogP contribution in [0.25, 0.3) is 21.3 Å². The van der Waals surface area contributed by atoms with Crippen LogP contribution in [0.5, 0.6) is 0 Å². The van der Waals surface area contributed by atoms with E-state index >= 15 is 0 Å². The molecule has 2 aromatic heterocycles. The largest absolute Gasteiger partial charge is 0.383 e. The topological polar surface area (TPSA) is 93.4 Å². The number of rotatable bonds is 6. The highest BCUT2D eigenvalue weighted by molar-refractivity contribution is 8.13. The third kappa shape index (κ3) is 4.28. The number of aliphatic imine (C=N–C) groups is 1. The summed E-state index contributed by atoms with van der Waals surface area (Å²) in [5, 5.41) is 3.06. The molecule has 25 heavy (non-hydrogen) atoms. The lowest BCUT2D eigenvalue weighted by atomic mass is 10.1. The number of nitrogens with one attached hydrogen (secondary N) is 1. The number of aromatic amines is 1. The third-order valence-electron chi connectivity index (χ3n) is 3.50. The third-order valence-corrected chi connectivity index (χ3v) is 5.21. The van der Waals surface area contributed by atoms with E-state index in [1.165, 1.54) is 23.1 Å². The number of fused-ring (bicyclic) bond motifs is 1. The van der Waals surface area contributed by atoms with Gasteiger partial charge in [0.05, 0.1) is 24.3 Å². The Kier molecular flexibility index (Phi) is 5.85. The maximum atomic E-state index is 12.5. The molecule has 0 unspecified atom stereocenters. The zero-order valence-corrected chi connectivity index (χ0v) is 15.3. The zero-order chi connectivity index (χ0) is 17.6. The average molecular weight is 374 g/mol. The molecule has 3 N–H and O–H groups in total. The van der Waals surface area contributed by atoms with Crippen LogP contribution in [0.1, 0.15) is 5.82 Å². The highest BCUT2D eigenvalue weighted by Gasteiger charge is 2.13. The van der Waals surface area contributed by atoms with Gasteiger partial charge in [-0.05, 0) is 5.56 Å². The highest BCUT2D eigenvalue weighted by Crippen LogP contribution is 2.30. The number of aromatic nitrogens is 2. The summed E-state index contributed by atoms with van der Waals surface area (Å²) < 4.78 is 4.93. The minimum Gasteiger partial charge on any atom is -0.383 e. The number of thioether (sulfide) groups is 1. The number of hydrogen-bond donors (Lipinski definition) is 2. The standard InChI is InChI=1S/C17H18N4O2S2/c1-23-8-7-19-17(18)25-10-13-20-15(22)14-12(9-24-16(14)21-13)11-5-3-2-4-6-11/h2-6,9H,7-8,10H2,1H3,(H2,18,19)(H,20,21,22). The van der Waals surface area contributed by atoms with Crippen LogP contribution in [0, 0.1) is 0 Å². The van der Waals surface area contributed by atoms with Gasteiger partial charge in [-0.3, -0.25) is 9.79 Å². The Labute approximate surface area is 153 Å². The first-order valence-corrected chi connectivity index (χ1v) is 9.53. The number of thiophene rings is 1. The zero-order valence-electron chi connectivity index (χ0n) is 13.7. The van der Waals surface area contributed by atoms with E-state index < -0.39 is 0 Å². The Bertz CT molecular complexity index is 935. The lowest BCUT2D eigenvalue weighted by molar-refractivity contribution is 0.208. The van der Waals surface area contributed by atoms with Crippen LogP contribution >= 0.6 is 23.1 Å². The second-order valence-electron chi connectivity index (χ2n) is 5.21. The molecule has 0 aliphatic heterocycles. The summed E-state index contributed by atoms with van der Waals surface area (Å²) >= 11 is 2.81. The van der Waals surface area contributed by atoms with Crippen molar-refractivity contribution >= 4 is 38.5 Å². The Morgan fingerprint density at radius 3 is 2.96 bits per heavy atom. The first kappa shape index (κ1) is 17.7. The molecule has 2 heterocycles. The normalized spacial score (nSPS) is 12.0. The van der Waals surface area contributed by atoms with Crippen molar-refractivity contribution < 1.29 is 4.74 Å². The predicted octanol–water partition coefficient (Wildman–Crippen LogP) is 2.85. The molecule has 1 aromatic carbocycles. The number of H-pyrrole nitrogens is 1. The molecule has 0 saturated heterocycles. The van der Waals surface area contributed by atoms with E-state index in [1.54, 1.807) is 7.11 Å². The Balaban J connectivity index is 1.82. The van der Waals surface area contributed by atoms with Gasteiger partial charge in [0.15, 0.2) is 5.17 Å². The molecular weight excluding hydrogens is 356 g/mol. The molecule has 0 fully saturated rings. The fraction of sp³-hybridized carbons (Fsp3) is 0.235. The lowest BCUT2D eigenvalue weighted by Crippen LogP contribution is -2.13. The second kappa shape index (κ2) is 8.28. The molecule has 0 aliphatic carbocycles.